The van der Waals surface area contributed by atoms with Crippen molar-refractivity contribution in [3.8, 4) is 0 Å². The van der Waals surface area contributed by atoms with Crippen LogP contribution in [0.2, 0.25) is 0 Å². The van der Waals surface area contributed by atoms with Crippen LogP contribution in [0.5, 0.6) is 0 Å². The summed E-state index contributed by atoms with van der Waals surface area (Å²) >= 11 is 0. The van der Waals surface area contributed by atoms with E-state index in [1.807, 2.05) is 6.92 Å². The van der Waals surface area contributed by atoms with Gasteiger partial charge in [0, 0.05) is 0 Å². The predicted octanol–water partition coefficient (Wildman–Crippen LogP) is 1.74. The molecule has 60 valence electrons. The molecule has 10 heavy (non-hydrogen) atoms. The van der Waals surface area contributed by atoms with Crippen LogP contribution in [-0.2, 0) is 4.84 Å². The third-order valence-corrected chi connectivity index (χ3v) is 0.642. The Morgan fingerprint density at radius 2 is 2.00 bits per heavy atom. The van der Waals surface area contributed by atoms with E-state index in [4.69, 9.17) is 10.1 Å². The molecule has 0 radical (unpaired) electrons. The highest BCUT2D eigenvalue weighted by Crippen LogP contribution is 1.86. The number of rotatable bonds is 4. The monoisotopic (exact) mass is 149 g/mol. The third kappa shape index (κ3) is 29.2. The van der Waals surface area contributed by atoms with Crippen molar-refractivity contribution in [1.82, 2.24) is 0 Å². The van der Waals surface area contributed by atoms with Crippen LogP contribution in [0.3, 0.4) is 0 Å². The Morgan fingerprint density at radius 3 is 2.30 bits per heavy atom. The van der Waals surface area contributed by atoms with Crippen LogP contribution in [0.4, 0.5) is 0 Å². The third-order valence-electron chi connectivity index (χ3n) is 0.642. The van der Waals surface area contributed by atoms with Crippen molar-refractivity contribution in [3.63, 3.8) is 0 Å². The van der Waals surface area contributed by atoms with Crippen molar-refractivity contribution in [1.29, 1.82) is 0 Å². The zero-order valence-corrected chi connectivity index (χ0v) is 5.65. The topological polar surface area (TPSA) is 91.2 Å². The SMILES string of the molecule is CCCCON=O.O=N[O-]. The second kappa shape index (κ2) is 15.7. The van der Waals surface area contributed by atoms with Crippen molar-refractivity contribution in [2.75, 3.05) is 6.61 Å². The predicted molar refractivity (Wildman–Crippen MR) is 35.8 cm³/mol. The molecule has 0 aromatic heterocycles. The summed E-state index contributed by atoms with van der Waals surface area (Å²) in [6, 6.07) is 0. The second-order valence-electron chi connectivity index (χ2n) is 1.34. The lowest BCUT2D eigenvalue weighted by Crippen LogP contribution is -1.83. The van der Waals surface area contributed by atoms with Crippen LogP contribution in [0.1, 0.15) is 19.8 Å². The minimum absolute atomic E-state index is 0.458. The molecule has 0 heterocycles. The van der Waals surface area contributed by atoms with Crippen LogP contribution < -0.4 is 0 Å². The van der Waals surface area contributed by atoms with Gasteiger partial charge in [-0.25, -0.2) is 0 Å². The van der Waals surface area contributed by atoms with Gasteiger partial charge >= 0.3 is 0 Å². The van der Waals surface area contributed by atoms with Crippen LogP contribution in [0, 0.1) is 15.0 Å². The highest BCUT2D eigenvalue weighted by atomic mass is 16.7. The Balaban J connectivity index is 0. The number of hydrogen-bond donors (Lipinski definition) is 0. The molecular formula is C4H9N2O4-. The zero-order chi connectivity index (χ0) is 8.24. The second-order valence-corrected chi connectivity index (χ2v) is 1.34. The van der Waals surface area contributed by atoms with E-state index in [9.17, 15) is 4.91 Å². The van der Waals surface area contributed by atoms with Gasteiger partial charge in [-0.05, 0) is 6.42 Å². The Bertz CT molecular complexity index is 77.7. The molecule has 0 amide bonds. The maximum atomic E-state index is 9.21. The van der Waals surface area contributed by atoms with E-state index in [1.54, 1.807) is 0 Å². The smallest absolute Gasteiger partial charge is 0.155 e. The lowest BCUT2D eigenvalue weighted by atomic mass is 10.4. The van der Waals surface area contributed by atoms with Crippen LogP contribution in [0.25, 0.3) is 0 Å². The molecule has 0 aromatic rings. The molecule has 0 aliphatic heterocycles. The Morgan fingerprint density at radius 1 is 1.50 bits per heavy atom. The van der Waals surface area contributed by atoms with Gasteiger partial charge in [-0.15, -0.1) is 10.2 Å². The molecule has 0 saturated carbocycles. The average Bonchev–Trinajstić information content (AvgIpc) is 1.91. The van der Waals surface area contributed by atoms with E-state index >= 15 is 0 Å². The summed E-state index contributed by atoms with van der Waals surface area (Å²) in [5.74, 6) is 0. The van der Waals surface area contributed by atoms with E-state index < -0.39 is 0 Å². The largest absolute Gasteiger partial charge is 0.444 e. The first-order chi connectivity index (χ1) is 4.83. The van der Waals surface area contributed by atoms with Crippen LogP contribution >= 0.6 is 0 Å². The summed E-state index contributed by atoms with van der Waals surface area (Å²) in [5, 5.41) is 11.2. The van der Waals surface area contributed by atoms with Crippen LogP contribution in [0.15, 0.2) is 10.7 Å². The maximum Gasteiger partial charge on any atom is 0.155 e. The highest BCUT2D eigenvalue weighted by molar-refractivity contribution is 4.26. The summed E-state index contributed by atoms with van der Waals surface area (Å²) in [6.07, 6.45) is 1.95. The fourth-order valence-corrected chi connectivity index (χ4v) is 0.246. The minimum Gasteiger partial charge on any atom is -0.444 e. The van der Waals surface area contributed by atoms with Gasteiger partial charge in [-0.2, -0.15) is 0 Å². The number of hydrogen-bond acceptors (Lipinski definition) is 6. The van der Waals surface area contributed by atoms with E-state index in [0.29, 0.717) is 6.61 Å². The molecule has 0 aliphatic rings. The normalized spacial score (nSPS) is 6.90. The first-order valence-electron chi connectivity index (χ1n) is 2.73. The molecule has 0 N–H and O–H groups in total. The average molecular weight is 149 g/mol. The summed E-state index contributed by atoms with van der Waals surface area (Å²) in [7, 11) is 0. The van der Waals surface area contributed by atoms with E-state index in [0.717, 1.165) is 18.2 Å². The molecule has 0 bridgehead atoms. The molecule has 6 nitrogen and oxygen atoms in total. The van der Waals surface area contributed by atoms with Gasteiger partial charge < -0.3 is 15.0 Å². The Labute approximate surface area is 58.0 Å². The van der Waals surface area contributed by atoms with Crippen molar-refractivity contribution in [3.05, 3.63) is 15.0 Å². The van der Waals surface area contributed by atoms with Crippen molar-refractivity contribution in [2.45, 2.75) is 19.8 Å². The van der Waals surface area contributed by atoms with Gasteiger partial charge in [0.2, 0.25) is 0 Å². The van der Waals surface area contributed by atoms with Gasteiger partial charge in [0.05, 0.1) is 0 Å². The van der Waals surface area contributed by atoms with E-state index in [1.165, 1.54) is 0 Å². The number of nitrogens with zero attached hydrogens (tertiary/aromatic N) is 2. The summed E-state index contributed by atoms with van der Waals surface area (Å²) < 4.78 is 0. The molecule has 6 heteroatoms. The molecule has 0 spiro atoms. The molecule has 0 rings (SSSR count). The van der Waals surface area contributed by atoms with Gasteiger partial charge in [0.15, 0.2) is 5.34 Å². The first-order valence-corrected chi connectivity index (χ1v) is 2.73. The Hall–Kier alpha value is -1.20. The lowest BCUT2D eigenvalue weighted by Gasteiger charge is -1.88. The number of unbranched alkanes of at least 4 members (excludes halogenated alkanes) is 1. The zero-order valence-electron chi connectivity index (χ0n) is 5.65. The molecular weight excluding hydrogens is 140 g/mol. The lowest BCUT2D eigenvalue weighted by molar-refractivity contribution is 0.136. The molecule has 0 saturated heterocycles. The van der Waals surface area contributed by atoms with Crippen molar-refractivity contribution in [2.24, 2.45) is 10.7 Å². The summed E-state index contributed by atoms with van der Waals surface area (Å²) in [6.45, 7) is 2.48. The molecule has 0 unspecified atom stereocenters. The van der Waals surface area contributed by atoms with Gasteiger partial charge in [0.1, 0.15) is 6.61 Å². The molecule has 0 aliphatic carbocycles. The quantitative estimate of drug-likeness (QED) is 0.345. The maximum absolute atomic E-state index is 9.21. The fourth-order valence-electron chi connectivity index (χ4n) is 0.246. The minimum atomic E-state index is 0.458. The van der Waals surface area contributed by atoms with Crippen LogP contribution in [-0.4, -0.2) is 6.61 Å². The molecule has 0 atom stereocenters. The van der Waals surface area contributed by atoms with Gasteiger partial charge in [-0.1, -0.05) is 13.3 Å². The van der Waals surface area contributed by atoms with Gasteiger partial charge in [0.25, 0.3) is 0 Å². The van der Waals surface area contributed by atoms with E-state index in [2.05, 4.69) is 10.2 Å². The van der Waals surface area contributed by atoms with Crippen molar-refractivity contribution < 1.29 is 4.84 Å². The highest BCUT2D eigenvalue weighted by Gasteiger charge is 1.79. The van der Waals surface area contributed by atoms with Gasteiger partial charge in [-0.3, -0.25) is 0 Å². The molecule has 0 aromatic carbocycles. The standard InChI is InChI=1S/C4H9NO2.HNO2/c1-2-3-4-7-5-6;2-1-3/h2-4H2,1H3;(H,2,3)/p-1. The van der Waals surface area contributed by atoms with E-state index in [-0.39, 0.29) is 0 Å². The fraction of sp³-hybridized carbons (Fsp3) is 1.00. The Kier molecular flexibility index (Phi) is 18.1. The summed E-state index contributed by atoms with van der Waals surface area (Å²) in [5.41, 5.74) is 0. The summed E-state index contributed by atoms with van der Waals surface area (Å²) in [4.78, 5) is 21.4. The van der Waals surface area contributed by atoms with Crippen molar-refractivity contribution >= 4 is 0 Å². The first kappa shape index (κ1) is 11.6. The molecule has 0 fully saturated rings.